The molecular weight excluding hydrogens is 406 g/mol. The summed E-state index contributed by atoms with van der Waals surface area (Å²) in [6.07, 6.45) is -3.40. The Balaban J connectivity index is 3.43. The Bertz CT molecular complexity index is 757. The lowest BCUT2D eigenvalue weighted by atomic mass is 9.94. The third-order valence-corrected chi connectivity index (χ3v) is 3.67. The fourth-order valence-corrected chi connectivity index (χ4v) is 2.61. The van der Waals surface area contributed by atoms with E-state index in [9.17, 15) is 28.8 Å². The van der Waals surface area contributed by atoms with Gasteiger partial charge in [0.05, 0.1) is 7.11 Å². The van der Waals surface area contributed by atoms with Gasteiger partial charge in [0.1, 0.15) is 12.1 Å². The number of esters is 4. The first kappa shape index (κ1) is 24.6. The average molecular weight is 429 g/mol. The van der Waals surface area contributed by atoms with Gasteiger partial charge in [0.25, 0.3) is 0 Å². The quantitative estimate of drug-likeness (QED) is 0.370. The van der Waals surface area contributed by atoms with Gasteiger partial charge in [-0.05, 0) is 0 Å². The molecule has 166 valence electrons. The molecule has 0 spiro atoms. The topological polar surface area (TPSA) is 161 Å². The Labute approximate surface area is 171 Å². The zero-order valence-electron chi connectivity index (χ0n) is 17.1. The predicted molar refractivity (Wildman–Crippen MR) is 95.3 cm³/mol. The van der Waals surface area contributed by atoms with Gasteiger partial charge in [-0.25, -0.2) is 4.79 Å². The molecule has 0 aromatic rings. The molecule has 0 bridgehead atoms. The molecule has 0 radical (unpaired) electrons. The minimum Gasteiger partial charge on any atom is -0.476 e. The van der Waals surface area contributed by atoms with Crippen LogP contribution in [0.15, 0.2) is 11.8 Å². The van der Waals surface area contributed by atoms with E-state index in [4.69, 9.17) is 14.2 Å². The Morgan fingerprint density at radius 3 is 2.13 bits per heavy atom. The SMILES string of the molecule is COC(=O)C1=C[C@H](OC(C)=O)[C@@H](NC(C)=O)[C@H]([C@H](OC(C)=O)C(=O)COC(C)=O)O1. The van der Waals surface area contributed by atoms with Crippen LogP contribution in [0.3, 0.4) is 0 Å². The van der Waals surface area contributed by atoms with Crippen LogP contribution in [0, 0.1) is 0 Å². The van der Waals surface area contributed by atoms with E-state index in [0.717, 1.165) is 40.9 Å². The summed E-state index contributed by atoms with van der Waals surface area (Å²) in [5.41, 5.74) is 0. The number of hydrogen-bond acceptors (Lipinski definition) is 11. The summed E-state index contributed by atoms with van der Waals surface area (Å²) in [4.78, 5) is 70.4. The van der Waals surface area contributed by atoms with Gasteiger partial charge in [-0.15, -0.1) is 0 Å². The van der Waals surface area contributed by atoms with E-state index in [2.05, 4.69) is 14.8 Å². The van der Waals surface area contributed by atoms with Crippen LogP contribution in [0.5, 0.6) is 0 Å². The molecule has 0 aliphatic carbocycles. The largest absolute Gasteiger partial charge is 0.476 e. The summed E-state index contributed by atoms with van der Waals surface area (Å²) in [5.74, 6) is -5.30. The summed E-state index contributed by atoms with van der Waals surface area (Å²) in [6.45, 7) is 3.57. The summed E-state index contributed by atoms with van der Waals surface area (Å²) >= 11 is 0. The molecule has 1 N–H and O–H groups in total. The van der Waals surface area contributed by atoms with Gasteiger partial charge in [-0.2, -0.15) is 0 Å². The highest BCUT2D eigenvalue weighted by molar-refractivity contribution is 5.90. The predicted octanol–water partition coefficient (Wildman–Crippen LogP) is -1.06. The van der Waals surface area contributed by atoms with Crippen LogP contribution in [0.25, 0.3) is 0 Å². The molecule has 4 atom stereocenters. The monoisotopic (exact) mass is 429 g/mol. The number of ketones is 1. The van der Waals surface area contributed by atoms with Gasteiger partial charge in [0.2, 0.25) is 23.6 Å². The molecule has 0 saturated carbocycles. The van der Waals surface area contributed by atoms with Crippen LogP contribution in [-0.4, -0.2) is 73.6 Å². The molecule has 0 unspecified atom stereocenters. The van der Waals surface area contributed by atoms with Crippen molar-refractivity contribution in [1.29, 1.82) is 0 Å². The molecule has 12 nitrogen and oxygen atoms in total. The van der Waals surface area contributed by atoms with Crippen molar-refractivity contribution in [2.24, 2.45) is 0 Å². The van der Waals surface area contributed by atoms with Crippen molar-refractivity contribution >= 4 is 35.6 Å². The molecule has 1 heterocycles. The Morgan fingerprint density at radius 2 is 1.67 bits per heavy atom. The standard InChI is InChI=1S/C18H23NO11/c1-8(20)19-15-13(28-10(3)22)6-14(18(25)26-5)30-17(15)16(29-11(4)23)12(24)7-27-9(2)21/h6,13,15-17H,7H2,1-5H3,(H,19,20)/t13-,15+,16+,17+/m0/s1. The van der Waals surface area contributed by atoms with E-state index in [0.29, 0.717) is 0 Å². The van der Waals surface area contributed by atoms with Crippen LogP contribution >= 0.6 is 0 Å². The molecule has 1 aliphatic rings. The lowest BCUT2D eigenvalue weighted by molar-refractivity contribution is -0.173. The highest BCUT2D eigenvalue weighted by Crippen LogP contribution is 2.26. The van der Waals surface area contributed by atoms with Crippen LogP contribution in [0.1, 0.15) is 27.7 Å². The first-order chi connectivity index (χ1) is 14.0. The molecule has 1 aliphatic heterocycles. The smallest absolute Gasteiger partial charge is 0.373 e. The number of ether oxygens (including phenoxy) is 5. The van der Waals surface area contributed by atoms with E-state index in [1.165, 1.54) is 0 Å². The van der Waals surface area contributed by atoms with Crippen molar-refractivity contribution in [3.8, 4) is 0 Å². The van der Waals surface area contributed by atoms with Crippen LogP contribution in [0.2, 0.25) is 0 Å². The molecule has 0 aromatic carbocycles. The van der Waals surface area contributed by atoms with Gasteiger partial charge in [0.15, 0.2) is 12.7 Å². The fourth-order valence-electron chi connectivity index (χ4n) is 2.61. The van der Waals surface area contributed by atoms with Gasteiger partial charge < -0.3 is 29.0 Å². The molecular formula is C18H23NO11. The van der Waals surface area contributed by atoms with Crippen molar-refractivity contribution in [1.82, 2.24) is 5.32 Å². The maximum absolute atomic E-state index is 12.6. The minimum atomic E-state index is -1.72. The van der Waals surface area contributed by atoms with Crippen molar-refractivity contribution in [3.05, 3.63) is 11.8 Å². The molecule has 0 saturated heterocycles. The van der Waals surface area contributed by atoms with Crippen LogP contribution in [-0.2, 0) is 52.5 Å². The third kappa shape index (κ3) is 7.18. The highest BCUT2D eigenvalue weighted by Gasteiger charge is 2.47. The lowest BCUT2D eigenvalue weighted by Gasteiger charge is -2.38. The van der Waals surface area contributed by atoms with Crippen molar-refractivity contribution < 1.29 is 52.5 Å². The van der Waals surface area contributed by atoms with Crippen molar-refractivity contribution in [2.75, 3.05) is 13.7 Å². The van der Waals surface area contributed by atoms with Crippen LogP contribution < -0.4 is 5.32 Å². The maximum atomic E-state index is 12.6. The second kappa shape index (κ2) is 10.9. The lowest BCUT2D eigenvalue weighted by Crippen LogP contribution is -2.60. The van der Waals surface area contributed by atoms with Crippen molar-refractivity contribution in [3.63, 3.8) is 0 Å². The van der Waals surface area contributed by atoms with E-state index < -0.39 is 72.3 Å². The Kier molecular flexibility index (Phi) is 8.96. The van der Waals surface area contributed by atoms with E-state index in [-0.39, 0.29) is 0 Å². The number of Topliss-reactive ketones (excluding diaryl/α,β-unsaturated/α-hetero) is 1. The Hall–Kier alpha value is -3.44. The van der Waals surface area contributed by atoms with E-state index in [1.807, 2.05) is 0 Å². The number of rotatable bonds is 8. The van der Waals surface area contributed by atoms with E-state index >= 15 is 0 Å². The Morgan fingerprint density at radius 1 is 1.03 bits per heavy atom. The van der Waals surface area contributed by atoms with E-state index in [1.54, 1.807) is 0 Å². The van der Waals surface area contributed by atoms with Gasteiger partial charge in [-0.3, -0.25) is 24.0 Å². The zero-order chi connectivity index (χ0) is 23.0. The first-order valence-electron chi connectivity index (χ1n) is 8.70. The zero-order valence-corrected chi connectivity index (χ0v) is 17.1. The van der Waals surface area contributed by atoms with Crippen LogP contribution in [0.4, 0.5) is 0 Å². The second-order valence-corrected chi connectivity index (χ2v) is 6.18. The summed E-state index contributed by atoms with van der Waals surface area (Å²) in [6, 6.07) is -1.23. The van der Waals surface area contributed by atoms with Gasteiger partial charge in [0, 0.05) is 33.8 Å². The number of carbonyl (C=O) groups is 6. The highest BCUT2D eigenvalue weighted by atomic mass is 16.6. The first-order valence-corrected chi connectivity index (χ1v) is 8.70. The molecule has 1 rings (SSSR count). The number of hydrogen-bond donors (Lipinski definition) is 1. The molecule has 12 heteroatoms. The number of methoxy groups -OCH3 is 1. The second-order valence-electron chi connectivity index (χ2n) is 6.18. The van der Waals surface area contributed by atoms with Crippen molar-refractivity contribution in [2.45, 2.75) is 52.0 Å². The minimum absolute atomic E-state index is 0.437. The summed E-state index contributed by atoms with van der Waals surface area (Å²) < 4.78 is 24.9. The number of carbonyl (C=O) groups excluding carboxylic acids is 6. The normalized spacial score (nSPS) is 21.1. The fraction of sp³-hybridized carbons (Fsp3) is 0.556. The number of amides is 1. The molecule has 0 fully saturated rings. The third-order valence-electron chi connectivity index (χ3n) is 3.67. The molecule has 0 aromatic heterocycles. The summed E-state index contributed by atoms with van der Waals surface area (Å²) in [7, 11) is 1.07. The number of nitrogens with one attached hydrogen (secondary N) is 1. The van der Waals surface area contributed by atoms with Gasteiger partial charge in [-0.1, -0.05) is 0 Å². The average Bonchev–Trinajstić information content (AvgIpc) is 2.63. The molecule has 1 amide bonds. The summed E-state index contributed by atoms with van der Waals surface area (Å²) in [5, 5.41) is 2.45. The van der Waals surface area contributed by atoms with Gasteiger partial charge >= 0.3 is 23.9 Å². The maximum Gasteiger partial charge on any atom is 0.373 e. The molecule has 30 heavy (non-hydrogen) atoms.